The molecule has 7 nitrogen and oxygen atoms in total. The van der Waals surface area contributed by atoms with Crippen LogP contribution in [0.4, 0.5) is 17.2 Å². The predicted octanol–water partition coefficient (Wildman–Crippen LogP) is 4.51. The molecule has 2 aromatic heterocycles. The van der Waals surface area contributed by atoms with E-state index in [2.05, 4.69) is 20.6 Å². The molecule has 28 heavy (non-hydrogen) atoms. The number of fused-ring (bicyclic) bond motifs is 1. The molecule has 1 aromatic carbocycles. The van der Waals surface area contributed by atoms with Crippen molar-refractivity contribution in [3.63, 3.8) is 0 Å². The maximum atomic E-state index is 12.4. The highest BCUT2D eigenvalue weighted by atomic mass is 32.1. The van der Waals surface area contributed by atoms with Crippen LogP contribution in [0.1, 0.15) is 36.0 Å². The number of nitrogens with one attached hydrogen (secondary N) is 2. The highest BCUT2D eigenvalue weighted by Crippen LogP contribution is 2.35. The van der Waals surface area contributed by atoms with Gasteiger partial charge in [0.05, 0.1) is 12.0 Å². The first kappa shape index (κ1) is 19.8. The second-order valence-corrected chi connectivity index (χ2v) is 7.84. The van der Waals surface area contributed by atoms with Gasteiger partial charge in [0.1, 0.15) is 21.9 Å². The lowest BCUT2D eigenvalue weighted by molar-refractivity contribution is -0.114. The minimum Gasteiger partial charge on any atom is -0.461 e. The molecular formula is C20H22N4O3S. The van der Waals surface area contributed by atoms with Gasteiger partial charge in [-0.1, -0.05) is 19.9 Å². The number of amides is 1. The molecule has 146 valence electrons. The summed E-state index contributed by atoms with van der Waals surface area (Å²) >= 11 is 1.30. The minimum absolute atomic E-state index is 0.139. The van der Waals surface area contributed by atoms with Gasteiger partial charge in [0.2, 0.25) is 5.91 Å². The van der Waals surface area contributed by atoms with Crippen molar-refractivity contribution in [2.45, 2.75) is 27.7 Å². The summed E-state index contributed by atoms with van der Waals surface area (Å²) < 4.78 is 5.37. The molecule has 0 aliphatic heterocycles. The fraction of sp³-hybridized carbons (Fsp3) is 0.300. The van der Waals surface area contributed by atoms with Crippen molar-refractivity contribution in [1.82, 2.24) is 9.97 Å². The maximum absolute atomic E-state index is 12.4. The van der Waals surface area contributed by atoms with Gasteiger partial charge in [0, 0.05) is 18.3 Å². The molecule has 0 radical (unpaired) electrons. The lowest BCUT2D eigenvalue weighted by atomic mass is 10.2. The zero-order valence-corrected chi connectivity index (χ0v) is 17.0. The third-order valence-corrected chi connectivity index (χ3v) is 5.09. The van der Waals surface area contributed by atoms with Crippen LogP contribution in [-0.4, -0.2) is 28.5 Å². The van der Waals surface area contributed by atoms with Gasteiger partial charge in [-0.05, 0) is 36.6 Å². The number of esters is 1. The number of thiophene rings is 1. The summed E-state index contributed by atoms with van der Waals surface area (Å²) in [4.78, 5) is 33.6. The third kappa shape index (κ3) is 4.45. The quantitative estimate of drug-likeness (QED) is 0.593. The van der Waals surface area contributed by atoms with Crippen LogP contribution in [0.15, 0.2) is 30.6 Å². The normalized spacial score (nSPS) is 10.9. The zero-order chi connectivity index (χ0) is 20.3. The first-order valence-electron chi connectivity index (χ1n) is 8.91. The molecule has 0 aliphatic carbocycles. The molecule has 0 saturated heterocycles. The lowest BCUT2D eigenvalue weighted by Crippen LogP contribution is -2.09. The van der Waals surface area contributed by atoms with Gasteiger partial charge in [-0.2, -0.15) is 0 Å². The molecule has 8 heteroatoms. The third-order valence-electron chi connectivity index (χ3n) is 3.91. The number of nitrogens with zero attached hydrogens (tertiary/aromatic N) is 2. The van der Waals surface area contributed by atoms with Crippen LogP contribution >= 0.6 is 11.3 Å². The molecule has 0 bridgehead atoms. The van der Waals surface area contributed by atoms with Crippen molar-refractivity contribution < 1.29 is 14.3 Å². The van der Waals surface area contributed by atoms with Gasteiger partial charge in [-0.15, -0.1) is 11.3 Å². The smallest absolute Gasteiger partial charge is 0.348 e. The molecule has 0 atom stereocenters. The Morgan fingerprint density at radius 2 is 1.96 bits per heavy atom. The van der Waals surface area contributed by atoms with Gasteiger partial charge < -0.3 is 15.4 Å². The largest absolute Gasteiger partial charge is 0.461 e. The molecule has 1 amide bonds. The molecule has 3 rings (SSSR count). The lowest BCUT2D eigenvalue weighted by Gasteiger charge is -2.09. The van der Waals surface area contributed by atoms with Crippen LogP contribution in [-0.2, 0) is 9.53 Å². The number of aryl methyl sites for hydroxylation is 1. The molecule has 0 aliphatic rings. The standard InChI is InChI=1S/C20H22N4O3S/c1-11(2)9-27-20(26)17-12(3)16-18(21-10-22-19(16)28-17)24-15-7-5-6-14(8-15)23-13(4)25/h5-8,10-11H,9H2,1-4H3,(H,23,25)(H,21,22,24). The number of carbonyl (C=O) groups excluding carboxylic acids is 2. The number of benzene rings is 1. The molecule has 0 fully saturated rings. The van der Waals surface area contributed by atoms with E-state index in [1.54, 1.807) is 6.07 Å². The summed E-state index contributed by atoms with van der Waals surface area (Å²) in [5.41, 5.74) is 2.23. The Morgan fingerprint density at radius 3 is 2.68 bits per heavy atom. The topological polar surface area (TPSA) is 93.2 Å². The van der Waals surface area contributed by atoms with E-state index >= 15 is 0 Å². The monoisotopic (exact) mass is 398 g/mol. The maximum Gasteiger partial charge on any atom is 0.348 e. The highest BCUT2D eigenvalue weighted by molar-refractivity contribution is 7.20. The van der Waals surface area contributed by atoms with E-state index in [0.717, 1.165) is 16.6 Å². The Labute approximate surface area is 167 Å². The van der Waals surface area contributed by atoms with E-state index in [4.69, 9.17) is 4.74 Å². The number of aromatic nitrogens is 2. The summed E-state index contributed by atoms with van der Waals surface area (Å²) in [6, 6.07) is 7.33. The van der Waals surface area contributed by atoms with Crippen LogP contribution in [0.25, 0.3) is 10.2 Å². The van der Waals surface area contributed by atoms with Crippen molar-refractivity contribution in [1.29, 1.82) is 0 Å². The van der Waals surface area contributed by atoms with E-state index < -0.39 is 0 Å². The second-order valence-electron chi connectivity index (χ2n) is 6.84. The Morgan fingerprint density at radius 1 is 1.21 bits per heavy atom. The number of carbonyl (C=O) groups is 2. The Kier molecular flexibility index (Phi) is 5.89. The van der Waals surface area contributed by atoms with E-state index in [-0.39, 0.29) is 17.8 Å². The first-order chi connectivity index (χ1) is 13.3. The van der Waals surface area contributed by atoms with Crippen LogP contribution in [0.2, 0.25) is 0 Å². The minimum atomic E-state index is -0.340. The van der Waals surface area contributed by atoms with Gasteiger partial charge in [0.25, 0.3) is 0 Å². The van der Waals surface area contributed by atoms with Crippen molar-refractivity contribution in [2.75, 3.05) is 17.2 Å². The number of ether oxygens (including phenoxy) is 1. The van der Waals surface area contributed by atoms with Gasteiger partial charge in [0.15, 0.2) is 0 Å². The molecule has 2 N–H and O–H groups in total. The Hall–Kier alpha value is -3.00. The average Bonchev–Trinajstić information content (AvgIpc) is 2.97. The Balaban J connectivity index is 1.92. The van der Waals surface area contributed by atoms with Gasteiger partial charge in [-0.3, -0.25) is 4.79 Å². The van der Waals surface area contributed by atoms with Crippen LogP contribution in [0.3, 0.4) is 0 Å². The van der Waals surface area contributed by atoms with Crippen molar-refractivity contribution >= 4 is 50.6 Å². The molecule has 0 spiro atoms. The first-order valence-corrected chi connectivity index (χ1v) is 9.72. The molecule has 2 heterocycles. The zero-order valence-electron chi connectivity index (χ0n) is 16.2. The summed E-state index contributed by atoms with van der Waals surface area (Å²) in [6.45, 7) is 7.69. The van der Waals surface area contributed by atoms with E-state index in [1.165, 1.54) is 24.6 Å². The van der Waals surface area contributed by atoms with Crippen LogP contribution in [0.5, 0.6) is 0 Å². The fourth-order valence-corrected chi connectivity index (χ4v) is 3.73. The fourth-order valence-electron chi connectivity index (χ4n) is 2.68. The molecule has 0 unspecified atom stereocenters. The summed E-state index contributed by atoms with van der Waals surface area (Å²) in [5, 5.41) is 6.79. The Bertz CT molecular complexity index is 1030. The van der Waals surface area contributed by atoms with Crippen molar-refractivity contribution in [2.24, 2.45) is 5.92 Å². The van der Waals surface area contributed by atoms with Gasteiger partial charge in [-0.25, -0.2) is 14.8 Å². The SMILES string of the molecule is CC(=O)Nc1cccc(Nc2ncnc3sc(C(=O)OCC(C)C)c(C)c23)c1. The summed E-state index contributed by atoms with van der Waals surface area (Å²) in [5.74, 6) is 0.390. The number of rotatable bonds is 6. The van der Waals surface area contributed by atoms with Crippen molar-refractivity contribution in [3.05, 3.63) is 41.0 Å². The number of hydrogen-bond acceptors (Lipinski definition) is 7. The van der Waals surface area contributed by atoms with Crippen LogP contribution in [0, 0.1) is 12.8 Å². The molecular weight excluding hydrogens is 376 g/mol. The summed E-state index contributed by atoms with van der Waals surface area (Å²) in [6.07, 6.45) is 1.46. The van der Waals surface area contributed by atoms with Gasteiger partial charge >= 0.3 is 5.97 Å². The summed E-state index contributed by atoms with van der Waals surface area (Å²) in [7, 11) is 0. The number of hydrogen-bond donors (Lipinski definition) is 2. The van der Waals surface area contributed by atoms with E-state index in [9.17, 15) is 9.59 Å². The van der Waals surface area contributed by atoms with E-state index in [1.807, 2.05) is 39.0 Å². The second kappa shape index (κ2) is 8.35. The molecule has 0 saturated carbocycles. The predicted molar refractivity (Wildman–Crippen MR) is 111 cm³/mol. The highest BCUT2D eigenvalue weighted by Gasteiger charge is 2.20. The van der Waals surface area contributed by atoms with Crippen LogP contribution < -0.4 is 10.6 Å². The average molecular weight is 398 g/mol. The number of anilines is 3. The van der Waals surface area contributed by atoms with E-state index in [0.29, 0.717) is 27.8 Å². The van der Waals surface area contributed by atoms with Crippen molar-refractivity contribution in [3.8, 4) is 0 Å². The molecule has 3 aromatic rings.